The molecule has 1 aromatic heterocycles. The van der Waals surface area contributed by atoms with Crippen molar-refractivity contribution in [2.24, 2.45) is 0 Å². The molecule has 1 aliphatic rings. The van der Waals surface area contributed by atoms with Crippen LogP contribution in [-0.2, 0) is 0 Å². The van der Waals surface area contributed by atoms with E-state index < -0.39 is 0 Å². The number of nitrogens with zero attached hydrogens (tertiary/aromatic N) is 3. The third-order valence-electron chi connectivity index (χ3n) is 4.32. The smallest absolute Gasteiger partial charge is 0.259 e. The fourth-order valence-corrected chi connectivity index (χ4v) is 3.04. The highest BCUT2D eigenvalue weighted by Gasteiger charge is 2.17. The molecule has 24 heavy (non-hydrogen) atoms. The van der Waals surface area contributed by atoms with E-state index in [1.807, 2.05) is 6.07 Å². The molecule has 1 saturated heterocycles. The maximum absolute atomic E-state index is 12.2. The van der Waals surface area contributed by atoms with E-state index in [-0.39, 0.29) is 22.7 Å². The molecule has 0 spiro atoms. The maximum Gasteiger partial charge on any atom is 0.259 e. The number of aromatic nitrogens is 2. The summed E-state index contributed by atoms with van der Waals surface area (Å²) >= 11 is 0. The molecule has 2 aromatic rings. The number of aromatic amines is 1. The van der Waals surface area contributed by atoms with Crippen molar-refractivity contribution in [3.63, 3.8) is 0 Å². The van der Waals surface area contributed by atoms with Crippen molar-refractivity contribution in [2.75, 3.05) is 19.6 Å². The maximum atomic E-state index is 12.2. The molecule has 6 nitrogen and oxygen atoms in total. The lowest BCUT2D eigenvalue weighted by molar-refractivity contribution is 0.258. The molecule has 2 N–H and O–H groups in total. The third-order valence-corrected chi connectivity index (χ3v) is 4.32. The van der Waals surface area contributed by atoms with Crippen molar-refractivity contribution in [3.05, 3.63) is 46.2 Å². The molecule has 0 atom stereocenters. The summed E-state index contributed by atoms with van der Waals surface area (Å²) in [7, 11) is 0. The molecule has 0 unspecified atom stereocenters. The number of hydrogen-bond donors (Lipinski definition) is 2. The Morgan fingerprint density at radius 1 is 1.25 bits per heavy atom. The predicted octanol–water partition coefficient (Wildman–Crippen LogP) is 2.59. The summed E-state index contributed by atoms with van der Waals surface area (Å²) in [5.74, 6) is 0.0753. The van der Waals surface area contributed by atoms with Crippen molar-refractivity contribution >= 4 is 16.5 Å². The highest BCUT2D eigenvalue weighted by atomic mass is 16.3. The summed E-state index contributed by atoms with van der Waals surface area (Å²) in [6.07, 6.45) is 4.59. The van der Waals surface area contributed by atoms with Gasteiger partial charge in [0.15, 0.2) is 5.82 Å². The second-order valence-electron chi connectivity index (χ2n) is 6.06. The van der Waals surface area contributed by atoms with Gasteiger partial charge in [0.2, 0.25) is 0 Å². The summed E-state index contributed by atoms with van der Waals surface area (Å²) in [6, 6.07) is 8.92. The first-order chi connectivity index (χ1) is 11.7. The quantitative estimate of drug-likeness (QED) is 0.668. The first-order valence-electron chi connectivity index (χ1n) is 8.23. The lowest BCUT2D eigenvalue weighted by atomic mass is 10.2. The molecule has 1 aromatic carbocycles. The van der Waals surface area contributed by atoms with E-state index in [1.165, 1.54) is 12.8 Å². The van der Waals surface area contributed by atoms with Crippen LogP contribution in [0.5, 0.6) is 0 Å². The number of allylic oxidation sites excluding steroid dienone is 1. The number of nitriles is 1. The van der Waals surface area contributed by atoms with E-state index in [1.54, 1.807) is 24.3 Å². The third kappa shape index (κ3) is 3.47. The van der Waals surface area contributed by atoms with Gasteiger partial charge in [0.25, 0.3) is 5.56 Å². The van der Waals surface area contributed by atoms with E-state index in [9.17, 15) is 15.2 Å². The Morgan fingerprint density at radius 2 is 1.96 bits per heavy atom. The second-order valence-corrected chi connectivity index (χ2v) is 6.06. The molecule has 0 bridgehead atoms. The minimum Gasteiger partial charge on any atom is -0.509 e. The molecule has 0 amide bonds. The number of nitrogens with one attached hydrogen (secondary N) is 1. The van der Waals surface area contributed by atoms with Crippen LogP contribution in [0.3, 0.4) is 0 Å². The first-order valence-corrected chi connectivity index (χ1v) is 8.23. The van der Waals surface area contributed by atoms with Gasteiger partial charge in [0.1, 0.15) is 17.4 Å². The number of aliphatic hydroxyl groups excluding tert-OH is 1. The van der Waals surface area contributed by atoms with Gasteiger partial charge in [-0.05, 0) is 38.1 Å². The van der Waals surface area contributed by atoms with E-state index in [4.69, 9.17) is 0 Å². The summed E-state index contributed by atoms with van der Waals surface area (Å²) in [5, 5.41) is 20.3. The van der Waals surface area contributed by atoms with Gasteiger partial charge in [-0.25, -0.2) is 4.98 Å². The van der Waals surface area contributed by atoms with Crippen molar-refractivity contribution < 1.29 is 5.11 Å². The van der Waals surface area contributed by atoms with Crippen molar-refractivity contribution in [2.45, 2.75) is 25.7 Å². The highest BCUT2D eigenvalue weighted by molar-refractivity contribution is 5.81. The number of H-pyrrole nitrogens is 1. The van der Waals surface area contributed by atoms with Crippen LogP contribution in [-0.4, -0.2) is 39.6 Å². The SMILES string of the molecule is N#C/C(=C(/O)CN1CCCCCC1)c1nc2ccccc2c(=O)[nH]1. The zero-order valence-corrected chi connectivity index (χ0v) is 13.5. The number of likely N-dealkylation sites (tertiary alicyclic amines) is 1. The monoisotopic (exact) mass is 324 g/mol. The van der Waals surface area contributed by atoms with E-state index in [0.29, 0.717) is 17.4 Å². The molecule has 6 heteroatoms. The van der Waals surface area contributed by atoms with Crippen LogP contribution >= 0.6 is 0 Å². The van der Waals surface area contributed by atoms with Gasteiger partial charge in [0, 0.05) is 0 Å². The number of para-hydroxylation sites is 1. The van der Waals surface area contributed by atoms with Gasteiger partial charge in [-0.15, -0.1) is 0 Å². The van der Waals surface area contributed by atoms with E-state index in [2.05, 4.69) is 14.9 Å². The van der Waals surface area contributed by atoms with Crippen LogP contribution in [0.1, 0.15) is 31.5 Å². The van der Waals surface area contributed by atoms with Gasteiger partial charge >= 0.3 is 0 Å². The van der Waals surface area contributed by atoms with Crippen molar-refractivity contribution in [1.29, 1.82) is 5.26 Å². The van der Waals surface area contributed by atoms with Crippen molar-refractivity contribution in [3.8, 4) is 6.07 Å². The fraction of sp³-hybridized carbons (Fsp3) is 0.389. The Morgan fingerprint density at radius 3 is 2.67 bits per heavy atom. The van der Waals surface area contributed by atoms with Gasteiger partial charge in [-0.1, -0.05) is 25.0 Å². The number of aliphatic hydroxyl groups is 1. The molecular formula is C18H20N4O2. The number of fused-ring (bicyclic) bond motifs is 1. The van der Waals surface area contributed by atoms with Gasteiger partial charge in [-0.3, -0.25) is 9.69 Å². The molecular weight excluding hydrogens is 304 g/mol. The molecule has 2 heterocycles. The topological polar surface area (TPSA) is 93.0 Å². The largest absolute Gasteiger partial charge is 0.509 e. The molecule has 0 aliphatic carbocycles. The Kier molecular flexibility index (Phi) is 4.92. The molecule has 124 valence electrons. The van der Waals surface area contributed by atoms with Crippen LogP contribution < -0.4 is 5.56 Å². The average molecular weight is 324 g/mol. The lowest BCUT2D eigenvalue weighted by Crippen LogP contribution is -2.27. The number of hydrogen-bond acceptors (Lipinski definition) is 5. The lowest BCUT2D eigenvalue weighted by Gasteiger charge is -2.19. The van der Waals surface area contributed by atoms with Gasteiger partial charge in [0.05, 0.1) is 17.4 Å². The Bertz CT molecular complexity index is 855. The van der Waals surface area contributed by atoms with E-state index in [0.717, 1.165) is 25.9 Å². The highest BCUT2D eigenvalue weighted by Crippen LogP contribution is 2.17. The molecule has 1 aliphatic heterocycles. The molecule has 0 radical (unpaired) electrons. The Balaban J connectivity index is 1.95. The Labute approximate surface area is 140 Å². The van der Waals surface area contributed by atoms with Crippen LogP contribution in [0.4, 0.5) is 0 Å². The minimum atomic E-state index is -0.314. The van der Waals surface area contributed by atoms with Crippen molar-refractivity contribution in [1.82, 2.24) is 14.9 Å². The summed E-state index contributed by atoms with van der Waals surface area (Å²) < 4.78 is 0. The zero-order valence-electron chi connectivity index (χ0n) is 13.5. The van der Waals surface area contributed by atoms with E-state index >= 15 is 0 Å². The minimum absolute atomic E-state index is 0.0297. The zero-order chi connectivity index (χ0) is 16.9. The Hall–Kier alpha value is -2.65. The van der Waals surface area contributed by atoms with Crippen LogP contribution in [0, 0.1) is 11.3 Å². The fourth-order valence-electron chi connectivity index (χ4n) is 3.04. The first kappa shape index (κ1) is 16.2. The van der Waals surface area contributed by atoms with Crippen LogP contribution in [0.2, 0.25) is 0 Å². The standard InChI is InChI=1S/C18H20N4O2/c19-11-14(16(23)12-22-9-5-1-2-6-10-22)17-20-15-8-4-3-7-13(15)18(24)21-17/h3-4,7-8,23H,1-2,5-6,9-10,12H2,(H,20,21,24)/b16-14-. The predicted molar refractivity (Wildman–Crippen MR) is 92.4 cm³/mol. The molecule has 1 fully saturated rings. The summed E-state index contributed by atoms with van der Waals surface area (Å²) in [4.78, 5) is 21.2. The normalized spacial score (nSPS) is 17.1. The molecule has 0 saturated carbocycles. The second kappa shape index (κ2) is 7.28. The average Bonchev–Trinajstić information content (AvgIpc) is 2.84. The van der Waals surface area contributed by atoms with Crippen LogP contribution in [0.25, 0.3) is 16.5 Å². The molecule has 3 rings (SSSR count). The van der Waals surface area contributed by atoms with Gasteiger partial charge < -0.3 is 10.1 Å². The number of benzene rings is 1. The summed E-state index contributed by atoms with van der Waals surface area (Å²) in [5.41, 5.74) is 0.222. The van der Waals surface area contributed by atoms with Gasteiger partial charge in [-0.2, -0.15) is 5.26 Å². The number of rotatable bonds is 3. The van der Waals surface area contributed by atoms with Crippen LogP contribution in [0.15, 0.2) is 34.8 Å². The summed E-state index contributed by atoms with van der Waals surface area (Å²) in [6.45, 7) is 2.12.